The lowest BCUT2D eigenvalue weighted by Gasteiger charge is -2.18. The van der Waals surface area contributed by atoms with Crippen molar-refractivity contribution in [2.24, 2.45) is 17.8 Å². The van der Waals surface area contributed by atoms with Crippen molar-refractivity contribution < 1.29 is 23.9 Å². The van der Waals surface area contributed by atoms with E-state index in [4.69, 9.17) is 4.74 Å². The van der Waals surface area contributed by atoms with E-state index in [9.17, 15) is 19.2 Å². The van der Waals surface area contributed by atoms with Crippen molar-refractivity contribution in [3.8, 4) is 0 Å². The fourth-order valence-corrected chi connectivity index (χ4v) is 4.27. The van der Waals surface area contributed by atoms with Crippen LogP contribution in [0.1, 0.15) is 54.3 Å². The third kappa shape index (κ3) is 4.78. The van der Waals surface area contributed by atoms with Gasteiger partial charge in [-0.15, -0.1) is 0 Å². The number of ether oxygens (including phenoxy) is 1. The Labute approximate surface area is 198 Å². The average molecular weight is 461 g/mol. The molecule has 7 nitrogen and oxygen atoms in total. The fourth-order valence-electron chi connectivity index (χ4n) is 4.27. The van der Waals surface area contributed by atoms with E-state index >= 15 is 0 Å². The fraction of sp³-hybridized carbons (Fsp3) is 0.333. The quantitative estimate of drug-likeness (QED) is 0.386. The lowest BCUT2D eigenvalue weighted by Crippen LogP contribution is -2.30. The molecule has 1 aliphatic carbocycles. The Morgan fingerprint density at radius 3 is 2.24 bits per heavy atom. The highest BCUT2D eigenvalue weighted by molar-refractivity contribution is 6.22. The van der Waals surface area contributed by atoms with Gasteiger partial charge in [0.2, 0.25) is 11.8 Å². The lowest BCUT2D eigenvalue weighted by atomic mass is 9.82. The summed E-state index contributed by atoms with van der Waals surface area (Å²) in [7, 11) is 0. The highest BCUT2D eigenvalue weighted by Crippen LogP contribution is 2.39. The molecule has 1 heterocycles. The zero-order chi connectivity index (χ0) is 24.4. The zero-order valence-electron chi connectivity index (χ0n) is 19.5. The van der Waals surface area contributed by atoms with Gasteiger partial charge in [0.05, 0.1) is 29.7 Å². The number of benzene rings is 2. The summed E-state index contributed by atoms with van der Waals surface area (Å²) in [5, 5.41) is 2.78. The first-order chi connectivity index (χ1) is 16.2. The van der Waals surface area contributed by atoms with Gasteiger partial charge in [-0.3, -0.25) is 19.3 Å². The molecule has 1 saturated heterocycles. The second-order valence-corrected chi connectivity index (χ2v) is 9.29. The van der Waals surface area contributed by atoms with Gasteiger partial charge in [-0.2, -0.15) is 0 Å². The third-order valence-electron chi connectivity index (χ3n) is 6.14. The van der Waals surface area contributed by atoms with Gasteiger partial charge in [-0.1, -0.05) is 25.5 Å². The number of hydrogen-bond donors (Lipinski definition) is 1. The maximum Gasteiger partial charge on any atom is 0.338 e. The minimum Gasteiger partial charge on any atom is -0.462 e. The summed E-state index contributed by atoms with van der Waals surface area (Å²) in [6, 6.07) is 12.9. The molecule has 1 N–H and O–H groups in total. The number of allylic oxidation sites excluding steroid dienone is 2. The van der Waals surface area contributed by atoms with Crippen molar-refractivity contribution in [2.45, 2.75) is 33.6 Å². The number of nitrogens with one attached hydrogen (secondary N) is 1. The van der Waals surface area contributed by atoms with Gasteiger partial charge < -0.3 is 10.1 Å². The molecule has 2 aromatic rings. The molecule has 0 bridgehead atoms. The standard InChI is InChI=1S/C27H28N2O5/c1-16(2)15-34-27(33)19-5-9-20(10-6-19)28-24(30)18-7-11-21(12-8-18)29-25(31)22-13-4-17(3)14-23(22)26(29)32/h4-12,16,22-23H,13-15H2,1-3H3,(H,28,30)/t22-,23+/m1/s1. The van der Waals surface area contributed by atoms with Gasteiger partial charge in [0.25, 0.3) is 5.91 Å². The number of fused-ring (bicyclic) bond motifs is 1. The minimum absolute atomic E-state index is 0.174. The molecule has 2 atom stereocenters. The molecule has 1 fully saturated rings. The predicted octanol–water partition coefficient (Wildman–Crippen LogP) is 4.60. The van der Waals surface area contributed by atoms with Crippen LogP contribution in [0.25, 0.3) is 0 Å². The Morgan fingerprint density at radius 2 is 1.59 bits per heavy atom. The number of hydrogen-bond acceptors (Lipinski definition) is 5. The van der Waals surface area contributed by atoms with E-state index in [-0.39, 0.29) is 35.5 Å². The molecule has 1 aliphatic heterocycles. The Morgan fingerprint density at radius 1 is 0.971 bits per heavy atom. The minimum atomic E-state index is -0.404. The molecule has 7 heteroatoms. The summed E-state index contributed by atoms with van der Waals surface area (Å²) in [6.45, 7) is 6.25. The maximum atomic E-state index is 12.9. The molecule has 3 amide bonds. The molecule has 0 saturated carbocycles. The summed E-state index contributed by atoms with van der Waals surface area (Å²) in [5.41, 5.74) is 2.94. The summed E-state index contributed by atoms with van der Waals surface area (Å²) in [5.74, 6) is -1.44. The van der Waals surface area contributed by atoms with E-state index in [0.29, 0.717) is 42.0 Å². The summed E-state index contributed by atoms with van der Waals surface area (Å²) in [6.07, 6.45) is 3.23. The number of nitrogens with zero attached hydrogens (tertiary/aromatic N) is 1. The topological polar surface area (TPSA) is 92.8 Å². The number of imide groups is 1. The first kappa shape index (κ1) is 23.4. The summed E-state index contributed by atoms with van der Waals surface area (Å²) in [4.78, 5) is 51.6. The van der Waals surface area contributed by atoms with E-state index in [1.165, 1.54) is 4.90 Å². The number of carbonyl (C=O) groups is 4. The van der Waals surface area contributed by atoms with Gasteiger partial charge in [-0.25, -0.2) is 4.79 Å². The van der Waals surface area contributed by atoms with Crippen LogP contribution in [0, 0.1) is 17.8 Å². The number of rotatable bonds is 6. The summed E-state index contributed by atoms with van der Waals surface area (Å²) < 4.78 is 5.20. The molecule has 0 radical (unpaired) electrons. The van der Waals surface area contributed by atoms with E-state index in [1.54, 1.807) is 48.5 Å². The highest BCUT2D eigenvalue weighted by Gasteiger charge is 2.48. The van der Waals surface area contributed by atoms with Gasteiger partial charge in [-0.05, 0) is 74.2 Å². The summed E-state index contributed by atoms with van der Waals surface area (Å²) >= 11 is 0. The molecule has 2 aromatic carbocycles. The number of amides is 3. The van der Waals surface area contributed by atoms with E-state index in [0.717, 1.165) is 5.57 Å². The first-order valence-corrected chi connectivity index (χ1v) is 11.5. The Bertz CT molecular complexity index is 1150. The molecule has 2 aliphatic rings. The van der Waals surface area contributed by atoms with Crippen molar-refractivity contribution in [3.63, 3.8) is 0 Å². The van der Waals surface area contributed by atoms with Crippen LogP contribution in [-0.2, 0) is 14.3 Å². The zero-order valence-corrected chi connectivity index (χ0v) is 19.5. The Hall–Kier alpha value is -3.74. The maximum absolute atomic E-state index is 12.9. The van der Waals surface area contributed by atoms with Crippen LogP contribution >= 0.6 is 0 Å². The first-order valence-electron chi connectivity index (χ1n) is 11.5. The van der Waals surface area contributed by atoms with Crippen molar-refractivity contribution >= 4 is 35.1 Å². The van der Waals surface area contributed by atoms with E-state index < -0.39 is 5.97 Å². The van der Waals surface area contributed by atoms with Crippen LogP contribution in [0.5, 0.6) is 0 Å². The Kier molecular flexibility index (Phi) is 6.63. The van der Waals surface area contributed by atoms with Gasteiger partial charge in [0.1, 0.15) is 0 Å². The monoisotopic (exact) mass is 460 g/mol. The molecule has 0 unspecified atom stereocenters. The average Bonchev–Trinajstić information content (AvgIpc) is 3.07. The molecule has 0 spiro atoms. The normalized spacial score (nSPS) is 19.6. The molecule has 176 valence electrons. The third-order valence-corrected chi connectivity index (χ3v) is 6.14. The van der Waals surface area contributed by atoms with E-state index in [2.05, 4.69) is 5.32 Å². The molecule has 34 heavy (non-hydrogen) atoms. The lowest BCUT2D eigenvalue weighted by molar-refractivity contribution is -0.122. The largest absolute Gasteiger partial charge is 0.462 e. The van der Waals surface area contributed by atoms with Crippen LogP contribution in [0.3, 0.4) is 0 Å². The van der Waals surface area contributed by atoms with Crippen LogP contribution < -0.4 is 10.2 Å². The predicted molar refractivity (Wildman–Crippen MR) is 128 cm³/mol. The van der Waals surface area contributed by atoms with Crippen molar-refractivity contribution in [3.05, 3.63) is 71.3 Å². The molecule has 0 aromatic heterocycles. The van der Waals surface area contributed by atoms with Crippen LogP contribution in [0.2, 0.25) is 0 Å². The van der Waals surface area contributed by atoms with Crippen LogP contribution in [0.15, 0.2) is 60.2 Å². The van der Waals surface area contributed by atoms with Crippen molar-refractivity contribution in [1.82, 2.24) is 0 Å². The molecular weight excluding hydrogens is 432 g/mol. The van der Waals surface area contributed by atoms with Crippen LogP contribution in [0.4, 0.5) is 11.4 Å². The second-order valence-electron chi connectivity index (χ2n) is 9.29. The molecule has 4 rings (SSSR count). The number of anilines is 2. The number of esters is 1. The van der Waals surface area contributed by atoms with Gasteiger partial charge in [0.15, 0.2) is 0 Å². The second kappa shape index (κ2) is 9.63. The highest BCUT2D eigenvalue weighted by atomic mass is 16.5. The molecular formula is C27H28N2O5. The van der Waals surface area contributed by atoms with Gasteiger partial charge >= 0.3 is 5.97 Å². The van der Waals surface area contributed by atoms with Crippen LogP contribution in [-0.4, -0.2) is 30.3 Å². The van der Waals surface area contributed by atoms with E-state index in [1.807, 2.05) is 26.8 Å². The number of carbonyl (C=O) groups excluding carboxylic acids is 4. The SMILES string of the molecule is CC1=CC[C@H]2C(=O)N(c3ccc(C(=O)Nc4ccc(C(=O)OCC(C)C)cc4)cc3)C(=O)[C@H]2C1. The van der Waals surface area contributed by atoms with Crippen molar-refractivity contribution in [1.29, 1.82) is 0 Å². The smallest absolute Gasteiger partial charge is 0.338 e. The van der Waals surface area contributed by atoms with Crippen molar-refractivity contribution in [2.75, 3.05) is 16.8 Å². The van der Waals surface area contributed by atoms with Gasteiger partial charge in [0, 0.05) is 11.3 Å². The Balaban J connectivity index is 1.40.